The first kappa shape index (κ1) is 16.3. The number of aliphatic hydroxyl groups excluding tert-OH is 1. The van der Waals surface area contributed by atoms with E-state index in [4.69, 9.17) is 5.73 Å². The average Bonchev–Trinajstić information content (AvgIpc) is 2.97. The van der Waals surface area contributed by atoms with Gasteiger partial charge >= 0.3 is 0 Å². The SMILES string of the molecule is C=C(N)C1[C@@H](O)CCN1C(=O)c1ccc(-c2ccc(C)cc2)cc1. The normalized spacial score (nSPS) is 20.2. The molecule has 0 radical (unpaired) electrons. The van der Waals surface area contributed by atoms with Gasteiger partial charge in [-0.05, 0) is 36.6 Å². The summed E-state index contributed by atoms with van der Waals surface area (Å²) in [6, 6.07) is 15.3. The van der Waals surface area contributed by atoms with E-state index in [-0.39, 0.29) is 5.91 Å². The van der Waals surface area contributed by atoms with Crippen molar-refractivity contribution < 1.29 is 9.90 Å². The largest absolute Gasteiger partial charge is 0.401 e. The molecule has 1 saturated heterocycles. The number of hydrogen-bond donors (Lipinski definition) is 2. The molecule has 0 spiro atoms. The second kappa shape index (κ2) is 6.49. The summed E-state index contributed by atoms with van der Waals surface area (Å²) in [5, 5.41) is 10.0. The molecule has 0 bridgehead atoms. The minimum atomic E-state index is -0.640. The van der Waals surface area contributed by atoms with Crippen molar-refractivity contribution in [3.8, 4) is 11.1 Å². The predicted octanol–water partition coefficient (Wildman–Crippen LogP) is 2.71. The van der Waals surface area contributed by atoms with E-state index in [9.17, 15) is 9.90 Å². The Morgan fingerprint density at radius 2 is 1.67 bits per heavy atom. The molecule has 1 fully saturated rings. The number of amides is 1. The summed E-state index contributed by atoms with van der Waals surface area (Å²) < 4.78 is 0. The molecule has 1 unspecified atom stereocenters. The van der Waals surface area contributed by atoms with E-state index in [0.29, 0.717) is 24.2 Å². The van der Waals surface area contributed by atoms with Gasteiger partial charge in [0.2, 0.25) is 0 Å². The zero-order valence-electron chi connectivity index (χ0n) is 13.8. The number of nitrogens with zero attached hydrogens (tertiary/aromatic N) is 1. The van der Waals surface area contributed by atoms with Gasteiger partial charge in [-0.3, -0.25) is 4.79 Å². The smallest absolute Gasteiger partial charge is 0.254 e. The number of aryl methyl sites for hydroxylation is 1. The summed E-state index contributed by atoms with van der Waals surface area (Å²) in [5.41, 5.74) is 10.1. The molecule has 1 amide bonds. The maximum atomic E-state index is 12.7. The van der Waals surface area contributed by atoms with Gasteiger partial charge in [0.25, 0.3) is 5.91 Å². The molecular weight excluding hydrogens is 300 g/mol. The van der Waals surface area contributed by atoms with Crippen LogP contribution in [0.4, 0.5) is 0 Å². The Bertz CT molecular complexity index is 750. The van der Waals surface area contributed by atoms with Crippen molar-refractivity contribution in [3.05, 3.63) is 71.9 Å². The fourth-order valence-corrected chi connectivity index (χ4v) is 3.17. The van der Waals surface area contributed by atoms with E-state index >= 15 is 0 Å². The molecule has 0 saturated carbocycles. The lowest BCUT2D eigenvalue weighted by Crippen LogP contribution is -2.42. The van der Waals surface area contributed by atoms with Crippen LogP contribution in [0.1, 0.15) is 22.3 Å². The van der Waals surface area contributed by atoms with Crippen molar-refractivity contribution in [2.45, 2.75) is 25.5 Å². The second-order valence-electron chi connectivity index (χ2n) is 6.32. The lowest BCUT2D eigenvalue weighted by Gasteiger charge is -2.26. The van der Waals surface area contributed by atoms with Crippen molar-refractivity contribution >= 4 is 5.91 Å². The van der Waals surface area contributed by atoms with Crippen LogP contribution in [0, 0.1) is 6.92 Å². The van der Waals surface area contributed by atoms with Crippen LogP contribution in [0.25, 0.3) is 11.1 Å². The Kier molecular flexibility index (Phi) is 4.40. The summed E-state index contributed by atoms with van der Waals surface area (Å²) in [5.74, 6) is -0.126. The fraction of sp³-hybridized carbons (Fsp3) is 0.250. The van der Waals surface area contributed by atoms with Gasteiger partial charge in [-0.25, -0.2) is 0 Å². The number of carbonyl (C=O) groups excluding carboxylic acids is 1. The highest BCUT2D eigenvalue weighted by atomic mass is 16.3. The molecule has 4 nitrogen and oxygen atoms in total. The molecule has 3 rings (SSSR count). The van der Waals surface area contributed by atoms with Crippen LogP contribution in [0.2, 0.25) is 0 Å². The summed E-state index contributed by atoms with van der Waals surface area (Å²) in [6.07, 6.45) is -0.119. The van der Waals surface area contributed by atoms with Gasteiger partial charge in [-0.1, -0.05) is 48.5 Å². The molecule has 1 heterocycles. The topological polar surface area (TPSA) is 66.6 Å². The van der Waals surface area contributed by atoms with Crippen molar-refractivity contribution in [3.63, 3.8) is 0 Å². The third-order valence-electron chi connectivity index (χ3n) is 4.52. The number of aliphatic hydroxyl groups is 1. The quantitative estimate of drug-likeness (QED) is 0.913. The first-order chi connectivity index (χ1) is 11.5. The van der Waals surface area contributed by atoms with Crippen molar-refractivity contribution in [1.82, 2.24) is 4.90 Å². The molecular formula is C20H22N2O2. The third kappa shape index (κ3) is 3.05. The Balaban J connectivity index is 1.81. The monoisotopic (exact) mass is 322 g/mol. The molecule has 0 aromatic heterocycles. The number of carbonyl (C=O) groups is 1. The van der Waals surface area contributed by atoms with Gasteiger partial charge in [0.15, 0.2) is 0 Å². The number of nitrogens with two attached hydrogens (primary N) is 1. The summed E-state index contributed by atoms with van der Waals surface area (Å²) >= 11 is 0. The first-order valence-corrected chi connectivity index (χ1v) is 8.08. The zero-order valence-corrected chi connectivity index (χ0v) is 13.8. The third-order valence-corrected chi connectivity index (χ3v) is 4.52. The predicted molar refractivity (Wildman–Crippen MR) is 95.4 cm³/mol. The van der Waals surface area contributed by atoms with Gasteiger partial charge in [-0.2, -0.15) is 0 Å². The highest BCUT2D eigenvalue weighted by Crippen LogP contribution is 2.25. The second-order valence-corrected chi connectivity index (χ2v) is 6.32. The van der Waals surface area contributed by atoms with E-state index in [1.807, 2.05) is 24.3 Å². The summed E-state index contributed by atoms with van der Waals surface area (Å²) in [7, 11) is 0. The number of hydrogen-bond acceptors (Lipinski definition) is 3. The van der Waals surface area contributed by atoms with Crippen LogP contribution in [0.15, 0.2) is 60.8 Å². The Labute approximate surface area is 142 Å². The lowest BCUT2D eigenvalue weighted by molar-refractivity contribution is 0.0686. The summed E-state index contributed by atoms with van der Waals surface area (Å²) in [6.45, 7) is 6.24. The number of rotatable bonds is 3. The molecule has 124 valence electrons. The summed E-state index contributed by atoms with van der Waals surface area (Å²) in [4.78, 5) is 14.3. The molecule has 2 aromatic carbocycles. The fourth-order valence-electron chi connectivity index (χ4n) is 3.17. The maximum absolute atomic E-state index is 12.7. The van der Waals surface area contributed by atoms with Crippen LogP contribution in [0.5, 0.6) is 0 Å². The van der Waals surface area contributed by atoms with Gasteiger partial charge in [0.05, 0.1) is 12.1 Å². The molecule has 2 aromatic rings. The van der Waals surface area contributed by atoms with Gasteiger partial charge in [0.1, 0.15) is 0 Å². The lowest BCUT2D eigenvalue weighted by atomic mass is 10.0. The van der Waals surface area contributed by atoms with Crippen molar-refractivity contribution in [2.24, 2.45) is 5.73 Å². The molecule has 0 aliphatic carbocycles. The van der Waals surface area contributed by atoms with Gasteiger partial charge in [-0.15, -0.1) is 0 Å². The van der Waals surface area contributed by atoms with E-state index in [1.54, 1.807) is 4.90 Å². The van der Waals surface area contributed by atoms with Crippen molar-refractivity contribution in [1.29, 1.82) is 0 Å². The van der Waals surface area contributed by atoms with E-state index in [1.165, 1.54) is 5.56 Å². The Hall–Kier alpha value is -2.59. The Morgan fingerprint density at radius 1 is 1.12 bits per heavy atom. The van der Waals surface area contributed by atoms with Gasteiger partial charge in [0, 0.05) is 17.8 Å². The molecule has 1 aliphatic heterocycles. The average molecular weight is 322 g/mol. The van der Waals surface area contributed by atoms with Crippen LogP contribution >= 0.6 is 0 Å². The van der Waals surface area contributed by atoms with Crippen LogP contribution < -0.4 is 5.73 Å². The molecule has 24 heavy (non-hydrogen) atoms. The molecule has 2 atom stereocenters. The van der Waals surface area contributed by atoms with Crippen LogP contribution in [0.3, 0.4) is 0 Å². The molecule has 1 aliphatic rings. The van der Waals surface area contributed by atoms with Crippen LogP contribution in [-0.2, 0) is 0 Å². The highest BCUT2D eigenvalue weighted by molar-refractivity contribution is 5.95. The minimum Gasteiger partial charge on any atom is -0.401 e. The van der Waals surface area contributed by atoms with Crippen LogP contribution in [-0.4, -0.2) is 34.6 Å². The highest BCUT2D eigenvalue weighted by Gasteiger charge is 2.37. The number of benzene rings is 2. The van der Waals surface area contributed by atoms with Gasteiger partial charge < -0.3 is 15.7 Å². The maximum Gasteiger partial charge on any atom is 0.254 e. The standard InChI is InChI=1S/C20H22N2O2/c1-13-3-5-15(6-4-13)16-7-9-17(10-8-16)20(24)22-12-11-18(23)19(22)14(2)21/h3-10,18-19,23H,2,11-12,21H2,1H3/t18-,19?/m0/s1. The first-order valence-electron chi connectivity index (χ1n) is 8.08. The van der Waals surface area contributed by atoms with E-state index in [2.05, 4.69) is 37.8 Å². The Morgan fingerprint density at radius 3 is 2.21 bits per heavy atom. The minimum absolute atomic E-state index is 0.126. The van der Waals surface area contributed by atoms with E-state index in [0.717, 1.165) is 11.1 Å². The van der Waals surface area contributed by atoms with E-state index < -0.39 is 12.1 Å². The molecule has 3 N–H and O–H groups in total. The molecule has 4 heteroatoms. The van der Waals surface area contributed by atoms with Crippen molar-refractivity contribution in [2.75, 3.05) is 6.54 Å². The zero-order chi connectivity index (χ0) is 17.3. The number of likely N-dealkylation sites (tertiary alicyclic amines) is 1.